The quantitative estimate of drug-likeness (QED) is 0.748. The van der Waals surface area contributed by atoms with Gasteiger partial charge in [0.25, 0.3) is 0 Å². The second-order valence-electron chi connectivity index (χ2n) is 5.79. The van der Waals surface area contributed by atoms with E-state index in [1.165, 1.54) is 6.26 Å². The predicted octanol–water partition coefficient (Wildman–Crippen LogP) is 0.120. The molecular formula is C12H26N2O3S. The van der Waals surface area contributed by atoms with E-state index in [2.05, 4.69) is 24.1 Å². The number of nitrogens with zero attached hydrogens (tertiary/aromatic N) is 1. The van der Waals surface area contributed by atoms with Gasteiger partial charge in [-0.3, -0.25) is 4.90 Å². The summed E-state index contributed by atoms with van der Waals surface area (Å²) >= 11 is 0. The Kier molecular flexibility index (Phi) is 5.58. The van der Waals surface area contributed by atoms with Crippen molar-refractivity contribution in [2.24, 2.45) is 0 Å². The third-order valence-electron chi connectivity index (χ3n) is 3.30. The first-order chi connectivity index (χ1) is 8.21. The molecule has 1 saturated heterocycles. The number of morpholine rings is 1. The van der Waals surface area contributed by atoms with E-state index in [1.807, 2.05) is 6.92 Å². The highest BCUT2D eigenvalue weighted by Crippen LogP contribution is 2.15. The topological polar surface area (TPSA) is 58.6 Å². The van der Waals surface area contributed by atoms with Crippen molar-refractivity contribution in [2.75, 3.05) is 44.9 Å². The second kappa shape index (κ2) is 6.32. The Morgan fingerprint density at radius 3 is 2.39 bits per heavy atom. The summed E-state index contributed by atoms with van der Waals surface area (Å²) in [7, 11) is -2.91. The molecule has 18 heavy (non-hydrogen) atoms. The number of hydrogen-bond donors (Lipinski definition) is 1. The van der Waals surface area contributed by atoms with Crippen molar-refractivity contribution >= 4 is 9.84 Å². The lowest BCUT2D eigenvalue weighted by Gasteiger charge is -2.41. The van der Waals surface area contributed by atoms with Crippen LogP contribution >= 0.6 is 0 Å². The number of rotatable bonds is 6. The normalized spacial score (nSPS) is 20.9. The molecule has 1 fully saturated rings. The molecular weight excluding hydrogens is 252 g/mol. The van der Waals surface area contributed by atoms with Crippen molar-refractivity contribution in [3.05, 3.63) is 0 Å². The Balaban J connectivity index is 2.40. The molecule has 1 heterocycles. The van der Waals surface area contributed by atoms with Gasteiger partial charge in [0.1, 0.15) is 9.84 Å². The Hall–Kier alpha value is -0.170. The van der Waals surface area contributed by atoms with Crippen LogP contribution in [-0.2, 0) is 14.6 Å². The Bertz CT molecular complexity index is 348. The molecule has 1 rings (SSSR count). The van der Waals surface area contributed by atoms with Crippen LogP contribution in [0.15, 0.2) is 0 Å². The number of hydrogen-bond acceptors (Lipinski definition) is 5. The van der Waals surface area contributed by atoms with Crippen LogP contribution < -0.4 is 5.32 Å². The zero-order valence-electron chi connectivity index (χ0n) is 11.9. The summed E-state index contributed by atoms with van der Waals surface area (Å²) in [5.41, 5.74) is 0.0234. The zero-order valence-corrected chi connectivity index (χ0v) is 12.7. The fourth-order valence-electron chi connectivity index (χ4n) is 2.22. The maximum absolute atomic E-state index is 11.2. The molecule has 5 nitrogen and oxygen atoms in total. The van der Waals surface area contributed by atoms with Crippen molar-refractivity contribution < 1.29 is 13.2 Å². The lowest BCUT2D eigenvalue weighted by molar-refractivity contribution is -0.0100. The molecule has 1 N–H and O–H groups in total. The summed E-state index contributed by atoms with van der Waals surface area (Å²) in [6.45, 7) is 10.5. The minimum absolute atomic E-state index is 0.0136. The smallest absolute Gasteiger partial charge is 0.148 e. The summed E-state index contributed by atoms with van der Waals surface area (Å²) in [5.74, 6) is 0.187. The lowest BCUT2D eigenvalue weighted by Crippen LogP contribution is -2.56. The minimum atomic E-state index is -2.91. The van der Waals surface area contributed by atoms with Crippen molar-refractivity contribution in [1.82, 2.24) is 10.2 Å². The highest BCUT2D eigenvalue weighted by atomic mass is 32.2. The van der Waals surface area contributed by atoms with Crippen molar-refractivity contribution in [3.63, 3.8) is 0 Å². The Morgan fingerprint density at radius 2 is 1.89 bits per heavy atom. The van der Waals surface area contributed by atoms with Gasteiger partial charge in [-0.15, -0.1) is 0 Å². The van der Waals surface area contributed by atoms with Crippen LogP contribution in [-0.4, -0.2) is 69.8 Å². The molecule has 0 aromatic heterocycles. The highest BCUT2D eigenvalue weighted by molar-refractivity contribution is 7.90. The average molecular weight is 278 g/mol. The predicted molar refractivity (Wildman–Crippen MR) is 73.6 cm³/mol. The van der Waals surface area contributed by atoms with Crippen LogP contribution in [0.4, 0.5) is 0 Å². The van der Waals surface area contributed by atoms with Gasteiger partial charge in [0.2, 0.25) is 0 Å². The molecule has 6 heteroatoms. The van der Waals surface area contributed by atoms with Gasteiger partial charge < -0.3 is 10.1 Å². The number of sulfone groups is 1. The second-order valence-corrected chi connectivity index (χ2v) is 7.97. The maximum Gasteiger partial charge on any atom is 0.148 e. The van der Waals surface area contributed by atoms with E-state index in [9.17, 15) is 8.42 Å². The molecule has 108 valence electrons. The van der Waals surface area contributed by atoms with Crippen LogP contribution in [0.3, 0.4) is 0 Å². The van der Waals surface area contributed by atoms with Gasteiger partial charge >= 0.3 is 0 Å². The third kappa shape index (κ3) is 5.65. The average Bonchev–Trinajstić information content (AvgIpc) is 2.26. The molecule has 1 aliphatic rings. The number of ether oxygens (including phenoxy) is 1. The van der Waals surface area contributed by atoms with Crippen molar-refractivity contribution in [1.29, 1.82) is 0 Å². The first-order valence-corrected chi connectivity index (χ1v) is 8.51. The Morgan fingerprint density at radius 1 is 1.33 bits per heavy atom. The van der Waals surface area contributed by atoms with Gasteiger partial charge in [-0.1, -0.05) is 0 Å². The van der Waals surface area contributed by atoms with E-state index in [0.717, 1.165) is 32.8 Å². The van der Waals surface area contributed by atoms with Crippen LogP contribution in [0.5, 0.6) is 0 Å². The summed E-state index contributed by atoms with van der Waals surface area (Å²) < 4.78 is 27.7. The Labute approximate surface area is 111 Å². The van der Waals surface area contributed by atoms with E-state index in [-0.39, 0.29) is 17.3 Å². The monoisotopic (exact) mass is 278 g/mol. The van der Waals surface area contributed by atoms with E-state index in [1.54, 1.807) is 0 Å². The first-order valence-electron chi connectivity index (χ1n) is 6.45. The van der Waals surface area contributed by atoms with E-state index in [0.29, 0.717) is 0 Å². The molecule has 0 aromatic rings. The molecule has 0 spiro atoms. The van der Waals surface area contributed by atoms with Crippen LogP contribution in [0.2, 0.25) is 0 Å². The fraction of sp³-hybridized carbons (Fsp3) is 1.00. The van der Waals surface area contributed by atoms with Gasteiger partial charge in [-0.25, -0.2) is 8.42 Å². The molecule has 0 radical (unpaired) electrons. The summed E-state index contributed by atoms with van der Waals surface area (Å²) in [6, 6.07) is -0.0136. The molecule has 0 saturated carbocycles. The molecule has 0 aliphatic carbocycles. The van der Waals surface area contributed by atoms with Crippen LogP contribution in [0.1, 0.15) is 20.8 Å². The molecule has 0 amide bonds. The van der Waals surface area contributed by atoms with E-state index >= 15 is 0 Å². The zero-order chi connectivity index (χ0) is 13.8. The summed E-state index contributed by atoms with van der Waals surface area (Å²) in [5, 5.41) is 3.32. The molecule has 1 unspecified atom stereocenters. The summed E-state index contributed by atoms with van der Waals surface area (Å²) in [6.07, 6.45) is 1.28. The van der Waals surface area contributed by atoms with Gasteiger partial charge in [0.05, 0.1) is 19.0 Å². The van der Waals surface area contributed by atoms with Crippen LogP contribution in [0.25, 0.3) is 0 Å². The molecule has 0 bridgehead atoms. The van der Waals surface area contributed by atoms with Crippen molar-refractivity contribution in [3.8, 4) is 0 Å². The standard InChI is InChI=1S/C12H26N2O3S/c1-11(9-18(4,15)16)13-10-12(2,3)14-5-7-17-8-6-14/h11,13H,5-10H2,1-4H3. The highest BCUT2D eigenvalue weighted by Gasteiger charge is 2.28. The summed E-state index contributed by atoms with van der Waals surface area (Å²) in [4.78, 5) is 2.39. The lowest BCUT2D eigenvalue weighted by atomic mass is 10.0. The largest absolute Gasteiger partial charge is 0.379 e. The SMILES string of the molecule is CC(CS(C)(=O)=O)NCC(C)(C)N1CCOCC1. The minimum Gasteiger partial charge on any atom is -0.379 e. The third-order valence-corrected chi connectivity index (χ3v) is 4.41. The van der Waals surface area contributed by atoms with E-state index in [4.69, 9.17) is 4.74 Å². The first kappa shape index (κ1) is 15.9. The van der Waals surface area contributed by atoms with Gasteiger partial charge in [-0.2, -0.15) is 0 Å². The number of nitrogens with one attached hydrogen (secondary N) is 1. The van der Waals surface area contributed by atoms with Gasteiger partial charge in [0, 0.05) is 37.5 Å². The van der Waals surface area contributed by atoms with Crippen LogP contribution in [0, 0.1) is 0 Å². The fourth-order valence-corrected chi connectivity index (χ4v) is 3.24. The molecule has 0 aromatic carbocycles. The maximum atomic E-state index is 11.2. The van der Waals surface area contributed by atoms with Gasteiger partial charge in [-0.05, 0) is 20.8 Å². The van der Waals surface area contributed by atoms with Gasteiger partial charge in [0.15, 0.2) is 0 Å². The van der Waals surface area contributed by atoms with E-state index < -0.39 is 9.84 Å². The molecule has 1 atom stereocenters. The molecule has 1 aliphatic heterocycles. The van der Waals surface area contributed by atoms with Crippen molar-refractivity contribution in [2.45, 2.75) is 32.4 Å².